The highest BCUT2D eigenvalue weighted by Gasteiger charge is 2.26. The van der Waals surface area contributed by atoms with Crippen LogP contribution in [0.4, 0.5) is 13.2 Å². The molecular formula is C12H17F3N2S. The number of nitrogens with two attached hydrogens (primary N) is 1. The Morgan fingerprint density at radius 3 is 2.44 bits per heavy atom. The summed E-state index contributed by atoms with van der Waals surface area (Å²) in [5.41, 5.74) is 5.55. The number of halogens is 3. The van der Waals surface area contributed by atoms with Crippen LogP contribution in [-0.4, -0.2) is 31.6 Å². The van der Waals surface area contributed by atoms with E-state index in [1.807, 2.05) is 30.3 Å². The van der Waals surface area contributed by atoms with Gasteiger partial charge in [-0.05, 0) is 24.6 Å². The molecule has 0 fully saturated rings. The van der Waals surface area contributed by atoms with Crippen molar-refractivity contribution in [3.8, 4) is 0 Å². The molecule has 1 unspecified atom stereocenters. The molecule has 0 saturated heterocycles. The summed E-state index contributed by atoms with van der Waals surface area (Å²) >= 11 is 1.61. The molecule has 0 aliphatic carbocycles. The SMILES string of the molecule is NCC(CNCC(F)(F)F)CSc1ccccc1. The molecule has 3 N–H and O–H groups in total. The minimum Gasteiger partial charge on any atom is -0.330 e. The molecule has 0 bridgehead atoms. The lowest BCUT2D eigenvalue weighted by molar-refractivity contribution is -0.124. The molecule has 1 aromatic rings. The molecule has 1 rings (SSSR count). The van der Waals surface area contributed by atoms with Crippen molar-refractivity contribution in [2.75, 3.05) is 25.4 Å². The van der Waals surface area contributed by atoms with Gasteiger partial charge in [0.05, 0.1) is 6.54 Å². The second kappa shape index (κ2) is 7.66. The van der Waals surface area contributed by atoms with E-state index in [0.717, 1.165) is 4.90 Å². The zero-order valence-corrected chi connectivity index (χ0v) is 10.7. The highest BCUT2D eigenvalue weighted by atomic mass is 32.2. The molecule has 0 aliphatic rings. The van der Waals surface area contributed by atoms with Gasteiger partial charge >= 0.3 is 6.18 Å². The van der Waals surface area contributed by atoms with E-state index in [2.05, 4.69) is 5.32 Å². The lowest BCUT2D eigenvalue weighted by Crippen LogP contribution is -2.35. The minimum atomic E-state index is -4.16. The summed E-state index contributed by atoms with van der Waals surface area (Å²) in [7, 11) is 0. The fourth-order valence-electron chi connectivity index (χ4n) is 1.36. The molecule has 0 amide bonds. The Balaban J connectivity index is 2.25. The van der Waals surface area contributed by atoms with Crippen LogP contribution >= 0.6 is 11.8 Å². The normalized spacial score (nSPS) is 13.6. The Kier molecular flexibility index (Phi) is 6.52. The average Bonchev–Trinajstić information content (AvgIpc) is 2.33. The molecule has 2 nitrogen and oxygen atoms in total. The monoisotopic (exact) mass is 278 g/mol. The van der Waals surface area contributed by atoms with Crippen LogP contribution in [0.1, 0.15) is 0 Å². The Hall–Kier alpha value is -0.720. The van der Waals surface area contributed by atoms with Gasteiger partial charge in [-0.15, -0.1) is 11.8 Å². The van der Waals surface area contributed by atoms with E-state index in [1.165, 1.54) is 0 Å². The van der Waals surface area contributed by atoms with Crippen molar-refractivity contribution in [3.63, 3.8) is 0 Å². The fraction of sp³-hybridized carbons (Fsp3) is 0.500. The van der Waals surface area contributed by atoms with Gasteiger partial charge in [-0.1, -0.05) is 18.2 Å². The molecule has 102 valence electrons. The topological polar surface area (TPSA) is 38.0 Å². The van der Waals surface area contributed by atoms with E-state index < -0.39 is 12.7 Å². The summed E-state index contributed by atoms with van der Waals surface area (Å²) in [6, 6.07) is 9.74. The van der Waals surface area contributed by atoms with Crippen LogP contribution in [0.3, 0.4) is 0 Å². The molecule has 0 spiro atoms. The quantitative estimate of drug-likeness (QED) is 0.753. The van der Waals surface area contributed by atoms with E-state index >= 15 is 0 Å². The van der Waals surface area contributed by atoms with Gasteiger partial charge in [-0.25, -0.2) is 0 Å². The molecular weight excluding hydrogens is 261 g/mol. The lowest BCUT2D eigenvalue weighted by Gasteiger charge is -2.16. The molecule has 0 saturated carbocycles. The van der Waals surface area contributed by atoms with Crippen molar-refractivity contribution in [2.24, 2.45) is 11.7 Å². The summed E-state index contributed by atoms with van der Waals surface area (Å²) < 4.78 is 35.9. The predicted molar refractivity (Wildman–Crippen MR) is 68.6 cm³/mol. The maximum absolute atomic E-state index is 12.0. The lowest BCUT2D eigenvalue weighted by atomic mass is 10.2. The van der Waals surface area contributed by atoms with Gasteiger partial charge in [0.15, 0.2) is 0 Å². The Morgan fingerprint density at radius 2 is 1.89 bits per heavy atom. The van der Waals surface area contributed by atoms with Gasteiger partial charge in [-0.3, -0.25) is 0 Å². The van der Waals surface area contributed by atoms with E-state index in [9.17, 15) is 13.2 Å². The number of rotatable bonds is 7. The van der Waals surface area contributed by atoms with Crippen LogP contribution in [0.25, 0.3) is 0 Å². The van der Waals surface area contributed by atoms with Gasteiger partial charge in [0.1, 0.15) is 0 Å². The highest BCUT2D eigenvalue weighted by Crippen LogP contribution is 2.20. The number of benzene rings is 1. The Morgan fingerprint density at radius 1 is 1.22 bits per heavy atom. The van der Waals surface area contributed by atoms with E-state index in [1.54, 1.807) is 11.8 Å². The van der Waals surface area contributed by atoms with Gasteiger partial charge in [0.2, 0.25) is 0 Å². The zero-order chi connectivity index (χ0) is 13.4. The first kappa shape index (κ1) is 15.3. The van der Waals surface area contributed by atoms with Crippen molar-refractivity contribution in [1.29, 1.82) is 0 Å². The number of thioether (sulfide) groups is 1. The highest BCUT2D eigenvalue weighted by molar-refractivity contribution is 7.99. The van der Waals surface area contributed by atoms with Crippen LogP contribution in [0.2, 0.25) is 0 Å². The second-order valence-corrected chi connectivity index (χ2v) is 5.07. The van der Waals surface area contributed by atoms with Gasteiger partial charge < -0.3 is 11.1 Å². The van der Waals surface area contributed by atoms with Crippen LogP contribution < -0.4 is 11.1 Å². The summed E-state index contributed by atoms with van der Waals surface area (Å²) in [5.74, 6) is 0.753. The predicted octanol–water partition coefficient (Wildman–Crippen LogP) is 2.51. The fourth-order valence-corrected chi connectivity index (χ4v) is 2.39. The first-order chi connectivity index (χ1) is 8.51. The molecule has 0 heterocycles. The van der Waals surface area contributed by atoms with Crippen molar-refractivity contribution < 1.29 is 13.2 Å². The third-order valence-corrected chi connectivity index (χ3v) is 3.56. The number of hydrogen-bond donors (Lipinski definition) is 2. The third-order valence-electron chi connectivity index (χ3n) is 2.32. The minimum absolute atomic E-state index is 0.0394. The van der Waals surface area contributed by atoms with Crippen molar-refractivity contribution in [2.45, 2.75) is 11.1 Å². The molecule has 1 aromatic carbocycles. The van der Waals surface area contributed by atoms with Gasteiger partial charge in [0.25, 0.3) is 0 Å². The van der Waals surface area contributed by atoms with Crippen LogP contribution in [0.15, 0.2) is 35.2 Å². The Labute approximate surface area is 109 Å². The molecule has 1 atom stereocenters. The molecule has 0 aliphatic heterocycles. The maximum Gasteiger partial charge on any atom is 0.401 e. The van der Waals surface area contributed by atoms with E-state index in [-0.39, 0.29) is 12.5 Å². The summed E-state index contributed by atoms with van der Waals surface area (Å²) in [4.78, 5) is 1.10. The summed E-state index contributed by atoms with van der Waals surface area (Å²) in [5, 5.41) is 2.39. The van der Waals surface area contributed by atoms with Crippen LogP contribution in [0.5, 0.6) is 0 Å². The van der Waals surface area contributed by atoms with E-state index in [0.29, 0.717) is 12.3 Å². The van der Waals surface area contributed by atoms with Crippen LogP contribution in [-0.2, 0) is 0 Å². The largest absolute Gasteiger partial charge is 0.401 e. The van der Waals surface area contributed by atoms with Crippen molar-refractivity contribution >= 4 is 11.8 Å². The van der Waals surface area contributed by atoms with Crippen LogP contribution in [0, 0.1) is 5.92 Å². The third kappa shape index (κ3) is 6.88. The first-order valence-corrected chi connectivity index (χ1v) is 6.65. The zero-order valence-electron chi connectivity index (χ0n) is 9.91. The molecule has 0 radical (unpaired) electrons. The Bertz CT molecular complexity index is 330. The average molecular weight is 278 g/mol. The maximum atomic E-state index is 12.0. The molecule has 0 aromatic heterocycles. The number of hydrogen-bond acceptors (Lipinski definition) is 3. The van der Waals surface area contributed by atoms with Gasteiger partial charge in [-0.2, -0.15) is 13.2 Å². The summed E-state index contributed by atoms with van der Waals surface area (Å²) in [6.45, 7) is -0.292. The first-order valence-electron chi connectivity index (χ1n) is 5.66. The number of alkyl halides is 3. The van der Waals surface area contributed by atoms with Gasteiger partial charge in [0, 0.05) is 17.2 Å². The van der Waals surface area contributed by atoms with Crippen molar-refractivity contribution in [1.82, 2.24) is 5.32 Å². The standard InChI is InChI=1S/C12H17F3N2S/c13-12(14,15)9-17-7-10(6-16)8-18-11-4-2-1-3-5-11/h1-5,10,17H,6-9,16H2. The van der Waals surface area contributed by atoms with E-state index in [4.69, 9.17) is 5.73 Å². The smallest absolute Gasteiger partial charge is 0.330 e. The molecule has 6 heteroatoms. The van der Waals surface area contributed by atoms with Crippen molar-refractivity contribution in [3.05, 3.63) is 30.3 Å². The number of nitrogens with one attached hydrogen (secondary N) is 1. The molecule has 18 heavy (non-hydrogen) atoms. The summed E-state index contributed by atoms with van der Waals surface area (Å²) in [6.07, 6.45) is -4.16. The second-order valence-electron chi connectivity index (χ2n) is 3.97.